The van der Waals surface area contributed by atoms with Crippen LogP contribution in [0.5, 0.6) is 11.5 Å². The molecule has 0 heterocycles. The van der Waals surface area contributed by atoms with Crippen molar-refractivity contribution >= 4 is 23.7 Å². The lowest BCUT2D eigenvalue weighted by atomic mass is 10.2. The molecule has 3 N–H and O–H groups in total. The lowest BCUT2D eigenvalue weighted by Crippen LogP contribution is -2.20. The number of methoxy groups -OCH3 is 1. The number of ether oxygens (including phenoxy) is 1. The molecule has 0 spiro atoms. The van der Waals surface area contributed by atoms with Gasteiger partial charge in [0.1, 0.15) is 0 Å². The van der Waals surface area contributed by atoms with Gasteiger partial charge in [0.15, 0.2) is 11.5 Å². The molecule has 2 amide bonds. The molecule has 0 aliphatic rings. The van der Waals surface area contributed by atoms with E-state index in [2.05, 4.69) is 15.8 Å². The van der Waals surface area contributed by atoms with E-state index >= 15 is 0 Å². The number of rotatable bonds is 7. The van der Waals surface area contributed by atoms with Gasteiger partial charge in [-0.1, -0.05) is 18.2 Å². The molecule has 0 aliphatic heterocycles. The molecule has 7 nitrogen and oxygen atoms in total. The van der Waals surface area contributed by atoms with Gasteiger partial charge in [-0.15, -0.1) is 0 Å². The topological polar surface area (TPSA) is 100 Å². The second-order valence-corrected chi connectivity index (χ2v) is 5.14. The van der Waals surface area contributed by atoms with Crippen LogP contribution >= 0.6 is 0 Å². The average Bonchev–Trinajstić information content (AvgIpc) is 2.62. The van der Waals surface area contributed by atoms with Crippen LogP contribution in [0.2, 0.25) is 0 Å². The largest absolute Gasteiger partial charge is 0.504 e. The summed E-state index contributed by atoms with van der Waals surface area (Å²) in [4.78, 5) is 23.4. The highest BCUT2D eigenvalue weighted by Gasteiger charge is 2.06. The Labute approximate surface area is 145 Å². The summed E-state index contributed by atoms with van der Waals surface area (Å²) in [7, 11) is 1.44. The van der Waals surface area contributed by atoms with E-state index in [1.54, 1.807) is 24.3 Å². The van der Waals surface area contributed by atoms with E-state index in [1.165, 1.54) is 19.4 Å². The molecule has 0 aliphatic carbocycles. The molecule has 0 saturated heterocycles. The Hall–Kier alpha value is -3.35. The van der Waals surface area contributed by atoms with E-state index < -0.39 is 0 Å². The fourth-order valence-corrected chi connectivity index (χ4v) is 1.98. The van der Waals surface area contributed by atoms with Crippen LogP contribution in [0, 0.1) is 0 Å². The highest BCUT2D eigenvalue weighted by Crippen LogP contribution is 2.25. The number of anilines is 1. The maximum Gasteiger partial charge on any atom is 0.240 e. The van der Waals surface area contributed by atoms with Gasteiger partial charge in [-0.05, 0) is 35.9 Å². The summed E-state index contributed by atoms with van der Waals surface area (Å²) in [5.41, 5.74) is 3.69. The van der Waals surface area contributed by atoms with Crippen molar-refractivity contribution in [1.82, 2.24) is 5.43 Å². The van der Waals surface area contributed by atoms with Crippen LogP contribution in [0.1, 0.15) is 18.4 Å². The van der Waals surface area contributed by atoms with Crippen molar-refractivity contribution in [1.29, 1.82) is 0 Å². The number of nitrogens with zero attached hydrogens (tertiary/aromatic N) is 1. The standard InChI is InChI=1S/C18H19N3O4/c1-25-16-11-13(7-8-15(16)22)12-19-21-18(24)10-9-17(23)20-14-5-3-2-4-6-14/h2-8,11-12,22H,9-10H2,1H3,(H,20,23)(H,21,24)/b19-12+. The number of benzene rings is 2. The van der Waals surface area contributed by atoms with Crippen molar-refractivity contribution in [2.24, 2.45) is 5.10 Å². The summed E-state index contributed by atoms with van der Waals surface area (Å²) in [6, 6.07) is 13.7. The van der Waals surface area contributed by atoms with E-state index in [0.717, 1.165) is 0 Å². The lowest BCUT2D eigenvalue weighted by Gasteiger charge is -2.04. The van der Waals surface area contributed by atoms with Crippen LogP contribution in [0.3, 0.4) is 0 Å². The Morgan fingerprint density at radius 2 is 1.84 bits per heavy atom. The van der Waals surface area contributed by atoms with Crippen LogP contribution in [0.15, 0.2) is 53.6 Å². The van der Waals surface area contributed by atoms with Gasteiger partial charge >= 0.3 is 0 Å². The average molecular weight is 341 g/mol. The predicted molar refractivity (Wildman–Crippen MR) is 94.7 cm³/mol. The number of hydrogen-bond donors (Lipinski definition) is 3. The molecule has 25 heavy (non-hydrogen) atoms. The number of amides is 2. The van der Waals surface area contributed by atoms with Gasteiger partial charge in [-0.2, -0.15) is 5.10 Å². The fraction of sp³-hybridized carbons (Fsp3) is 0.167. The van der Waals surface area contributed by atoms with Crippen LogP contribution in [0.4, 0.5) is 5.69 Å². The van der Waals surface area contributed by atoms with E-state index in [1.807, 2.05) is 18.2 Å². The normalized spacial score (nSPS) is 10.4. The number of hydrazone groups is 1. The molecule has 2 aromatic rings. The number of nitrogens with one attached hydrogen (secondary N) is 2. The van der Waals surface area contributed by atoms with Gasteiger partial charge in [0, 0.05) is 18.5 Å². The number of hydrogen-bond acceptors (Lipinski definition) is 5. The van der Waals surface area contributed by atoms with E-state index in [-0.39, 0.29) is 30.4 Å². The molecular formula is C18H19N3O4. The minimum absolute atomic E-state index is 0.0214. The first-order chi connectivity index (χ1) is 12.1. The Balaban J connectivity index is 1.76. The Morgan fingerprint density at radius 1 is 1.12 bits per heavy atom. The van der Waals surface area contributed by atoms with Crippen molar-refractivity contribution in [3.63, 3.8) is 0 Å². The molecule has 0 unspecified atom stereocenters. The zero-order valence-corrected chi connectivity index (χ0v) is 13.7. The van der Waals surface area contributed by atoms with Gasteiger partial charge in [0.05, 0.1) is 13.3 Å². The first-order valence-electron chi connectivity index (χ1n) is 7.62. The minimum Gasteiger partial charge on any atom is -0.504 e. The van der Waals surface area contributed by atoms with Crippen molar-refractivity contribution < 1.29 is 19.4 Å². The van der Waals surface area contributed by atoms with Crippen molar-refractivity contribution in [2.75, 3.05) is 12.4 Å². The maximum atomic E-state index is 11.7. The Bertz CT molecular complexity index is 760. The summed E-state index contributed by atoms with van der Waals surface area (Å²) in [5.74, 6) is -0.278. The quantitative estimate of drug-likeness (QED) is 0.531. The summed E-state index contributed by atoms with van der Waals surface area (Å²) >= 11 is 0. The second kappa shape index (κ2) is 9.07. The fourth-order valence-electron chi connectivity index (χ4n) is 1.98. The molecule has 0 fully saturated rings. The third kappa shape index (κ3) is 5.98. The van der Waals surface area contributed by atoms with E-state index in [4.69, 9.17) is 4.74 Å². The number of carbonyl (C=O) groups excluding carboxylic acids is 2. The molecule has 0 radical (unpaired) electrons. The van der Waals surface area contributed by atoms with Gasteiger partial charge in [-0.3, -0.25) is 9.59 Å². The van der Waals surface area contributed by atoms with E-state index in [0.29, 0.717) is 17.0 Å². The van der Waals surface area contributed by atoms with Gasteiger partial charge < -0.3 is 15.2 Å². The molecule has 0 aromatic heterocycles. The molecule has 2 rings (SSSR count). The zero-order chi connectivity index (χ0) is 18.1. The number of phenolic OH excluding ortho intramolecular Hbond substituents is 1. The highest BCUT2D eigenvalue weighted by atomic mass is 16.5. The number of para-hydroxylation sites is 1. The first kappa shape index (κ1) is 18.0. The van der Waals surface area contributed by atoms with Crippen molar-refractivity contribution in [3.05, 3.63) is 54.1 Å². The molecule has 0 atom stereocenters. The lowest BCUT2D eigenvalue weighted by molar-refractivity contribution is -0.124. The van der Waals surface area contributed by atoms with Gasteiger partial charge in [-0.25, -0.2) is 5.43 Å². The smallest absolute Gasteiger partial charge is 0.240 e. The molecule has 2 aromatic carbocycles. The number of carbonyl (C=O) groups is 2. The molecule has 130 valence electrons. The number of aromatic hydroxyl groups is 1. The maximum absolute atomic E-state index is 11.7. The van der Waals surface area contributed by atoms with E-state index in [9.17, 15) is 14.7 Å². The summed E-state index contributed by atoms with van der Waals surface area (Å²) in [6.45, 7) is 0. The Kier molecular flexibility index (Phi) is 6.53. The van der Waals surface area contributed by atoms with Gasteiger partial charge in [0.2, 0.25) is 11.8 Å². The number of phenols is 1. The third-order valence-electron chi connectivity index (χ3n) is 3.24. The van der Waals surface area contributed by atoms with Crippen molar-refractivity contribution in [3.8, 4) is 11.5 Å². The van der Waals surface area contributed by atoms with Crippen LogP contribution in [-0.4, -0.2) is 30.2 Å². The summed E-state index contributed by atoms with van der Waals surface area (Å²) < 4.78 is 4.98. The molecule has 7 heteroatoms. The monoisotopic (exact) mass is 341 g/mol. The highest BCUT2D eigenvalue weighted by molar-refractivity contribution is 5.93. The molecule has 0 bridgehead atoms. The molecular weight excluding hydrogens is 322 g/mol. The molecule has 0 saturated carbocycles. The van der Waals surface area contributed by atoms with Crippen LogP contribution < -0.4 is 15.5 Å². The first-order valence-corrected chi connectivity index (χ1v) is 7.62. The minimum atomic E-state index is -0.370. The summed E-state index contributed by atoms with van der Waals surface area (Å²) in [5, 5.41) is 16.0. The third-order valence-corrected chi connectivity index (χ3v) is 3.24. The predicted octanol–water partition coefficient (Wildman–Crippen LogP) is 2.27. The second-order valence-electron chi connectivity index (χ2n) is 5.14. The summed E-state index contributed by atoms with van der Waals surface area (Å²) in [6.07, 6.45) is 1.50. The Morgan fingerprint density at radius 3 is 2.56 bits per heavy atom. The van der Waals surface area contributed by atoms with Gasteiger partial charge in [0.25, 0.3) is 0 Å². The zero-order valence-electron chi connectivity index (χ0n) is 13.7. The van der Waals surface area contributed by atoms with Crippen molar-refractivity contribution in [2.45, 2.75) is 12.8 Å². The van der Waals surface area contributed by atoms with Crippen LogP contribution in [0.25, 0.3) is 0 Å². The van der Waals surface area contributed by atoms with Crippen LogP contribution in [-0.2, 0) is 9.59 Å². The SMILES string of the molecule is COc1cc(/C=N/NC(=O)CCC(=O)Nc2ccccc2)ccc1O.